The highest BCUT2D eigenvalue weighted by atomic mass is 127. The van der Waals surface area contributed by atoms with Crippen molar-refractivity contribution < 1.29 is 32.3 Å². The first-order valence-corrected chi connectivity index (χ1v) is 10.1. The van der Waals surface area contributed by atoms with Crippen LogP contribution in [0.3, 0.4) is 0 Å². The molecule has 0 saturated heterocycles. The predicted molar refractivity (Wildman–Crippen MR) is 116 cm³/mol. The Balaban J connectivity index is 2.00. The number of anilines is 2. The van der Waals surface area contributed by atoms with Gasteiger partial charge in [-0.3, -0.25) is 9.63 Å². The van der Waals surface area contributed by atoms with E-state index in [1.54, 1.807) is 26.8 Å². The quantitative estimate of drug-likeness (QED) is 0.265. The molecule has 0 bridgehead atoms. The third kappa shape index (κ3) is 7.90. The molecule has 0 radical (unpaired) electrons. The number of nitrogens with one attached hydrogen (secondary N) is 3. The topological polar surface area (TPSA) is 88.7 Å². The molecule has 0 atom stereocenters. The molecule has 2 amide bonds. The summed E-state index contributed by atoms with van der Waals surface area (Å²) in [6, 6.07) is 5.65. The lowest BCUT2D eigenvalue weighted by Gasteiger charge is -2.19. The zero-order chi connectivity index (χ0) is 23.2. The average Bonchev–Trinajstić information content (AvgIpc) is 2.64. The second-order valence-corrected chi connectivity index (χ2v) is 8.52. The minimum atomic E-state index is -1.26. The van der Waals surface area contributed by atoms with Crippen LogP contribution in [0.2, 0.25) is 0 Å². The maximum Gasteiger partial charge on any atom is 0.407 e. The molecule has 2 rings (SSSR count). The third-order valence-electron chi connectivity index (χ3n) is 3.54. The van der Waals surface area contributed by atoms with Crippen molar-refractivity contribution in [1.29, 1.82) is 0 Å². The van der Waals surface area contributed by atoms with Gasteiger partial charge >= 0.3 is 6.09 Å². The highest BCUT2D eigenvalue weighted by Crippen LogP contribution is 2.26. The molecule has 2 aromatic carbocycles. The highest BCUT2D eigenvalue weighted by Gasteiger charge is 2.18. The molecule has 0 fully saturated rings. The van der Waals surface area contributed by atoms with Crippen molar-refractivity contribution in [2.45, 2.75) is 26.4 Å². The van der Waals surface area contributed by atoms with Gasteiger partial charge in [0.2, 0.25) is 0 Å². The largest absolute Gasteiger partial charge is 0.444 e. The first kappa shape index (κ1) is 24.7. The minimum absolute atomic E-state index is 0.0198. The van der Waals surface area contributed by atoms with Gasteiger partial charge in [-0.15, -0.1) is 0 Å². The van der Waals surface area contributed by atoms with Crippen LogP contribution in [0.4, 0.5) is 29.3 Å². The molecule has 3 N–H and O–H groups in total. The van der Waals surface area contributed by atoms with Crippen molar-refractivity contribution in [2.75, 3.05) is 18.5 Å². The van der Waals surface area contributed by atoms with Crippen molar-refractivity contribution in [3.05, 3.63) is 56.9 Å². The van der Waals surface area contributed by atoms with E-state index in [2.05, 4.69) is 16.1 Å². The van der Waals surface area contributed by atoms with E-state index in [0.29, 0.717) is 9.64 Å². The van der Waals surface area contributed by atoms with Crippen LogP contribution in [0.1, 0.15) is 31.1 Å². The normalized spacial score (nSPS) is 11.1. The monoisotopic (exact) mass is 551 g/mol. The summed E-state index contributed by atoms with van der Waals surface area (Å²) in [4.78, 5) is 28.8. The molecule has 0 aromatic heterocycles. The molecule has 0 spiro atoms. The Morgan fingerprint density at radius 3 is 2.32 bits per heavy atom. The summed E-state index contributed by atoms with van der Waals surface area (Å²) in [5.74, 6) is -4.00. The Kier molecular flexibility index (Phi) is 8.51. The number of hydrogen-bond donors (Lipinski definition) is 3. The Labute approximate surface area is 190 Å². The Hall–Kier alpha value is -2.54. The molecule has 11 heteroatoms. The number of amides is 2. The van der Waals surface area contributed by atoms with E-state index < -0.39 is 35.1 Å². The molecule has 0 aliphatic heterocycles. The summed E-state index contributed by atoms with van der Waals surface area (Å²) in [5.41, 5.74) is 0.908. The first-order chi connectivity index (χ1) is 14.5. The van der Waals surface area contributed by atoms with Crippen LogP contribution in [0.15, 0.2) is 30.3 Å². The zero-order valence-corrected chi connectivity index (χ0v) is 19.1. The molecule has 31 heavy (non-hydrogen) atoms. The first-order valence-electron chi connectivity index (χ1n) is 9.06. The average molecular weight is 551 g/mol. The van der Waals surface area contributed by atoms with Gasteiger partial charge in [-0.2, -0.15) is 0 Å². The van der Waals surface area contributed by atoms with Crippen molar-refractivity contribution in [3.8, 4) is 0 Å². The standard InChI is InChI=1S/C20H21F3IN3O4/c1-20(2,3)31-19(29)25-6-7-30-27-18(28)12-9-13(21)14(22)10-17(12)26-16-5-4-11(24)8-15(16)23/h4-5,8-10,26H,6-7H2,1-3H3,(H,25,29)(H,27,28). The molecule has 168 valence electrons. The van der Waals surface area contributed by atoms with Crippen LogP contribution in [-0.4, -0.2) is 30.8 Å². The number of halogens is 4. The number of alkyl carbamates (subject to hydrolysis) is 1. The van der Waals surface area contributed by atoms with E-state index in [1.807, 2.05) is 22.6 Å². The van der Waals surface area contributed by atoms with Gasteiger partial charge in [0, 0.05) is 16.2 Å². The van der Waals surface area contributed by atoms with Gasteiger partial charge in [-0.05, 0) is 67.6 Å². The van der Waals surface area contributed by atoms with Crippen molar-refractivity contribution >= 4 is 46.0 Å². The molecule has 0 unspecified atom stereocenters. The smallest absolute Gasteiger partial charge is 0.407 e. The number of carbonyl (C=O) groups is 2. The molecule has 0 heterocycles. The lowest BCUT2D eigenvalue weighted by atomic mass is 10.1. The van der Waals surface area contributed by atoms with Crippen LogP contribution in [-0.2, 0) is 9.57 Å². The van der Waals surface area contributed by atoms with E-state index in [9.17, 15) is 22.8 Å². The van der Waals surface area contributed by atoms with Crippen LogP contribution in [0.25, 0.3) is 0 Å². The molecule has 7 nitrogen and oxygen atoms in total. The third-order valence-corrected chi connectivity index (χ3v) is 4.21. The van der Waals surface area contributed by atoms with Gasteiger partial charge in [0.1, 0.15) is 11.4 Å². The summed E-state index contributed by atoms with van der Waals surface area (Å²) in [7, 11) is 0. The second-order valence-electron chi connectivity index (χ2n) is 7.27. The molecule has 0 saturated carbocycles. The minimum Gasteiger partial charge on any atom is -0.444 e. The SMILES string of the molecule is CC(C)(C)OC(=O)NCCONC(=O)c1cc(F)c(F)cc1Nc1ccc(I)cc1F. The second kappa shape index (κ2) is 10.7. The van der Waals surface area contributed by atoms with Crippen LogP contribution < -0.4 is 16.1 Å². The fourth-order valence-corrected chi connectivity index (χ4v) is 2.72. The highest BCUT2D eigenvalue weighted by molar-refractivity contribution is 14.1. The lowest BCUT2D eigenvalue weighted by molar-refractivity contribution is 0.0284. The van der Waals surface area contributed by atoms with E-state index in [1.165, 1.54) is 12.1 Å². The summed E-state index contributed by atoms with van der Waals surface area (Å²) in [6.45, 7) is 5.02. The van der Waals surface area contributed by atoms with Crippen LogP contribution in [0.5, 0.6) is 0 Å². The number of hydrogen-bond acceptors (Lipinski definition) is 5. The Morgan fingerprint density at radius 1 is 1.00 bits per heavy atom. The molecule has 0 aliphatic rings. The van der Waals surface area contributed by atoms with Crippen molar-refractivity contribution in [3.63, 3.8) is 0 Å². The number of ether oxygens (including phenoxy) is 1. The number of benzene rings is 2. The van der Waals surface area contributed by atoms with Gasteiger partial charge in [0.05, 0.1) is 23.5 Å². The van der Waals surface area contributed by atoms with Crippen LogP contribution >= 0.6 is 22.6 Å². The van der Waals surface area contributed by atoms with Crippen molar-refractivity contribution in [2.24, 2.45) is 0 Å². The van der Waals surface area contributed by atoms with E-state index in [4.69, 9.17) is 9.57 Å². The van der Waals surface area contributed by atoms with Gasteiger partial charge in [0.15, 0.2) is 11.6 Å². The maximum atomic E-state index is 14.1. The summed E-state index contributed by atoms with van der Waals surface area (Å²) in [6.07, 6.45) is -0.658. The van der Waals surface area contributed by atoms with Gasteiger partial charge in [-0.25, -0.2) is 23.4 Å². The van der Waals surface area contributed by atoms with Gasteiger partial charge in [-0.1, -0.05) is 0 Å². The zero-order valence-electron chi connectivity index (χ0n) is 16.9. The summed E-state index contributed by atoms with van der Waals surface area (Å²) >= 11 is 1.92. The molecular weight excluding hydrogens is 530 g/mol. The van der Waals surface area contributed by atoms with E-state index in [-0.39, 0.29) is 30.1 Å². The maximum absolute atomic E-state index is 14.1. The van der Waals surface area contributed by atoms with E-state index in [0.717, 1.165) is 6.07 Å². The number of hydroxylamine groups is 1. The molecule has 2 aromatic rings. The lowest BCUT2D eigenvalue weighted by Crippen LogP contribution is -2.35. The Morgan fingerprint density at radius 2 is 1.68 bits per heavy atom. The molecule has 0 aliphatic carbocycles. The fourth-order valence-electron chi connectivity index (χ4n) is 2.26. The summed E-state index contributed by atoms with van der Waals surface area (Å²) in [5, 5.41) is 5.00. The van der Waals surface area contributed by atoms with E-state index >= 15 is 0 Å². The fraction of sp³-hybridized carbons (Fsp3) is 0.300. The number of rotatable bonds is 7. The predicted octanol–water partition coefficient (Wildman–Crippen LogP) is 4.64. The van der Waals surface area contributed by atoms with Gasteiger partial charge < -0.3 is 15.4 Å². The Bertz CT molecular complexity index is 967. The van der Waals surface area contributed by atoms with Crippen LogP contribution in [0, 0.1) is 21.0 Å². The summed E-state index contributed by atoms with van der Waals surface area (Å²) < 4.78 is 47.2. The number of carbonyl (C=O) groups excluding carboxylic acids is 2. The van der Waals surface area contributed by atoms with Gasteiger partial charge in [0.25, 0.3) is 5.91 Å². The molecular formula is C20H21F3IN3O4. The van der Waals surface area contributed by atoms with Crippen molar-refractivity contribution in [1.82, 2.24) is 10.8 Å².